The molecule has 178 valence electrons. The first-order valence-electron chi connectivity index (χ1n) is 12.7. The molecule has 2 aromatic rings. The van der Waals surface area contributed by atoms with Crippen molar-refractivity contribution < 1.29 is 9.59 Å². The van der Waals surface area contributed by atoms with Crippen LogP contribution in [0.5, 0.6) is 0 Å². The summed E-state index contributed by atoms with van der Waals surface area (Å²) in [6, 6.07) is 7.25. The van der Waals surface area contributed by atoms with Crippen molar-refractivity contribution in [1.29, 1.82) is 0 Å². The van der Waals surface area contributed by atoms with E-state index in [9.17, 15) is 14.4 Å². The average molecular weight is 453 g/mol. The van der Waals surface area contributed by atoms with Crippen molar-refractivity contribution in [3.8, 4) is 0 Å². The number of likely N-dealkylation sites (tertiary alicyclic amines) is 2. The molecule has 2 aliphatic heterocycles. The summed E-state index contributed by atoms with van der Waals surface area (Å²) in [6.45, 7) is 5.47. The minimum Gasteiger partial charge on any atom is -0.342 e. The molecule has 0 N–H and O–H groups in total. The normalized spacial score (nSPS) is 17.8. The van der Waals surface area contributed by atoms with Crippen molar-refractivity contribution >= 4 is 22.6 Å². The van der Waals surface area contributed by atoms with E-state index in [0.717, 1.165) is 45.2 Å². The largest absolute Gasteiger partial charge is 0.342 e. The molecule has 0 radical (unpaired) electrons. The number of hydrogen-bond acceptors (Lipinski definition) is 4. The molecule has 0 unspecified atom stereocenters. The lowest BCUT2D eigenvalue weighted by molar-refractivity contribution is -0.136. The molecule has 0 saturated carbocycles. The highest BCUT2D eigenvalue weighted by molar-refractivity contribution is 6.04. The zero-order chi connectivity index (χ0) is 23.2. The summed E-state index contributed by atoms with van der Waals surface area (Å²) in [4.78, 5) is 43.2. The van der Waals surface area contributed by atoms with Crippen molar-refractivity contribution in [3.05, 3.63) is 40.3 Å². The fourth-order valence-corrected chi connectivity index (χ4v) is 5.08. The molecule has 4 rings (SSSR count). The van der Waals surface area contributed by atoms with Crippen LogP contribution in [0.25, 0.3) is 10.8 Å². The molecule has 7 heteroatoms. The molecule has 2 aliphatic rings. The molecule has 0 aliphatic carbocycles. The second-order valence-corrected chi connectivity index (χ2v) is 9.44. The number of carbonyl (C=O) groups is 2. The van der Waals surface area contributed by atoms with E-state index in [1.165, 1.54) is 17.5 Å². The minimum absolute atomic E-state index is 0.000138. The number of hydrogen-bond donors (Lipinski definition) is 0. The van der Waals surface area contributed by atoms with E-state index in [4.69, 9.17) is 0 Å². The van der Waals surface area contributed by atoms with Crippen molar-refractivity contribution in [3.63, 3.8) is 0 Å². The average Bonchev–Trinajstić information content (AvgIpc) is 3.15. The first kappa shape index (κ1) is 23.5. The third-order valence-corrected chi connectivity index (χ3v) is 7.09. The number of nitrogens with zero attached hydrogens (tertiary/aromatic N) is 4. The van der Waals surface area contributed by atoms with Gasteiger partial charge in [-0.15, -0.1) is 0 Å². The van der Waals surface area contributed by atoms with Crippen LogP contribution < -0.4 is 5.56 Å². The molecule has 1 aromatic carbocycles. The van der Waals surface area contributed by atoms with Crippen LogP contribution in [-0.4, -0.2) is 57.6 Å². The van der Waals surface area contributed by atoms with Gasteiger partial charge in [-0.1, -0.05) is 50.8 Å². The predicted molar refractivity (Wildman–Crippen MR) is 129 cm³/mol. The Morgan fingerprint density at radius 3 is 2.24 bits per heavy atom. The van der Waals surface area contributed by atoms with E-state index in [0.29, 0.717) is 48.9 Å². The van der Waals surface area contributed by atoms with Gasteiger partial charge in [0.15, 0.2) is 5.69 Å². The van der Waals surface area contributed by atoms with Crippen LogP contribution in [0.1, 0.15) is 75.2 Å². The summed E-state index contributed by atoms with van der Waals surface area (Å²) in [6.07, 6.45) is 8.91. The van der Waals surface area contributed by atoms with E-state index >= 15 is 0 Å². The molecule has 0 atom stereocenters. The van der Waals surface area contributed by atoms with Gasteiger partial charge in [0.05, 0.1) is 5.39 Å². The Balaban J connectivity index is 1.49. The van der Waals surface area contributed by atoms with Crippen LogP contribution in [0, 0.1) is 5.92 Å². The summed E-state index contributed by atoms with van der Waals surface area (Å²) >= 11 is 0. The second-order valence-electron chi connectivity index (χ2n) is 9.44. The number of rotatable bonds is 6. The van der Waals surface area contributed by atoms with Crippen LogP contribution in [0.2, 0.25) is 0 Å². The molecule has 2 saturated heterocycles. The molecule has 2 fully saturated rings. The van der Waals surface area contributed by atoms with Gasteiger partial charge in [-0.05, 0) is 38.2 Å². The highest BCUT2D eigenvalue weighted by Gasteiger charge is 2.32. The summed E-state index contributed by atoms with van der Waals surface area (Å²) in [7, 11) is 0. The van der Waals surface area contributed by atoms with Gasteiger partial charge in [-0.2, -0.15) is 5.10 Å². The number of piperidine rings is 1. The van der Waals surface area contributed by atoms with Gasteiger partial charge in [-0.25, -0.2) is 4.68 Å². The summed E-state index contributed by atoms with van der Waals surface area (Å²) in [5.74, 6) is 0.119. The molecule has 33 heavy (non-hydrogen) atoms. The van der Waals surface area contributed by atoms with Crippen LogP contribution in [0.4, 0.5) is 0 Å². The fraction of sp³-hybridized carbons (Fsp3) is 0.615. The molecular weight excluding hydrogens is 416 g/mol. The van der Waals surface area contributed by atoms with Gasteiger partial charge in [0, 0.05) is 44.0 Å². The summed E-state index contributed by atoms with van der Waals surface area (Å²) in [5, 5.41) is 5.68. The lowest BCUT2D eigenvalue weighted by Crippen LogP contribution is -2.45. The zero-order valence-corrected chi connectivity index (χ0v) is 19.8. The van der Waals surface area contributed by atoms with E-state index < -0.39 is 0 Å². The Morgan fingerprint density at radius 1 is 0.909 bits per heavy atom. The third-order valence-electron chi connectivity index (χ3n) is 7.09. The first-order chi connectivity index (χ1) is 16.1. The highest BCUT2D eigenvalue weighted by Crippen LogP contribution is 2.24. The Kier molecular flexibility index (Phi) is 7.78. The SMILES string of the molecule is CCCCCn1nc(C(=O)N2CCC(C(=O)N3CCCCCC3)CC2)c2ccccc2c1=O. The second kappa shape index (κ2) is 10.9. The fourth-order valence-electron chi connectivity index (χ4n) is 5.08. The lowest BCUT2D eigenvalue weighted by Gasteiger charge is -2.34. The van der Waals surface area contributed by atoms with Crippen LogP contribution in [0.3, 0.4) is 0 Å². The lowest BCUT2D eigenvalue weighted by atomic mass is 9.94. The van der Waals surface area contributed by atoms with Crippen molar-refractivity contribution in [1.82, 2.24) is 19.6 Å². The maximum Gasteiger partial charge on any atom is 0.274 e. The summed E-state index contributed by atoms with van der Waals surface area (Å²) in [5.41, 5.74) is 0.207. The molecule has 7 nitrogen and oxygen atoms in total. The Hall–Kier alpha value is -2.70. The van der Waals surface area contributed by atoms with Gasteiger partial charge >= 0.3 is 0 Å². The molecule has 1 aromatic heterocycles. The molecular formula is C26H36N4O3. The minimum atomic E-state index is -0.142. The van der Waals surface area contributed by atoms with Gasteiger partial charge in [0.1, 0.15) is 0 Å². The molecule has 3 heterocycles. The zero-order valence-electron chi connectivity index (χ0n) is 19.8. The monoisotopic (exact) mass is 452 g/mol. The Morgan fingerprint density at radius 2 is 1.58 bits per heavy atom. The number of unbranched alkanes of at least 4 members (excludes halogenated alkanes) is 2. The maximum atomic E-state index is 13.5. The number of carbonyl (C=O) groups excluding carboxylic acids is 2. The quantitative estimate of drug-likeness (QED) is 0.624. The topological polar surface area (TPSA) is 75.5 Å². The third kappa shape index (κ3) is 5.28. The van der Waals surface area contributed by atoms with E-state index in [-0.39, 0.29) is 23.3 Å². The highest BCUT2D eigenvalue weighted by atomic mass is 16.2. The number of benzene rings is 1. The molecule has 0 spiro atoms. The standard InChI is InChI=1S/C26H36N4O3/c1-2-3-8-17-30-25(32)22-12-7-6-11-21(22)23(27-30)26(33)29-18-13-20(14-19-29)24(31)28-15-9-4-5-10-16-28/h6-7,11-12,20H,2-5,8-10,13-19H2,1H3. The number of aromatic nitrogens is 2. The van der Waals surface area contributed by atoms with E-state index in [1.54, 1.807) is 6.07 Å². The predicted octanol–water partition coefficient (Wildman–Crippen LogP) is 3.84. The van der Waals surface area contributed by atoms with Gasteiger partial charge in [-0.3, -0.25) is 14.4 Å². The number of fused-ring (bicyclic) bond motifs is 1. The van der Waals surface area contributed by atoms with Gasteiger partial charge in [0.2, 0.25) is 5.91 Å². The summed E-state index contributed by atoms with van der Waals surface area (Å²) < 4.78 is 1.46. The maximum absolute atomic E-state index is 13.5. The van der Waals surface area contributed by atoms with Gasteiger partial charge in [0.25, 0.3) is 11.5 Å². The van der Waals surface area contributed by atoms with Crippen molar-refractivity contribution in [2.45, 2.75) is 71.3 Å². The number of amides is 2. The smallest absolute Gasteiger partial charge is 0.274 e. The van der Waals surface area contributed by atoms with Crippen LogP contribution >= 0.6 is 0 Å². The van der Waals surface area contributed by atoms with Gasteiger partial charge < -0.3 is 9.80 Å². The van der Waals surface area contributed by atoms with Crippen LogP contribution in [0.15, 0.2) is 29.1 Å². The Bertz CT molecular complexity index is 1030. The van der Waals surface area contributed by atoms with Crippen LogP contribution in [-0.2, 0) is 11.3 Å². The molecule has 2 amide bonds. The van der Waals surface area contributed by atoms with Crippen molar-refractivity contribution in [2.24, 2.45) is 5.92 Å². The molecule has 0 bridgehead atoms. The number of aryl methyl sites for hydroxylation is 1. The first-order valence-corrected chi connectivity index (χ1v) is 12.7. The van der Waals surface area contributed by atoms with E-state index in [1.807, 2.05) is 28.0 Å². The van der Waals surface area contributed by atoms with Crippen molar-refractivity contribution in [2.75, 3.05) is 26.2 Å². The Labute approximate surface area is 195 Å². The van der Waals surface area contributed by atoms with E-state index in [2.05, 4.69) is 12.0 Å².